The molecule has 0 saturated carbocycles. The number of nitriles is 1. The molecule has 0 unspecified atom stereocenters. The van der Waals surface area contributed by atoms with E-state index in [0.29, 0.717) is 15.6 Å². The van der Waals surface area contributed by atoms with E-state index in [2.05, 4.69) is 10.1 Å². The van der Waals surface area contributed by atoms with E-state index in [0.717, 1.165) is 6.07 Å². The predicted molar refractivity (Wildman–Crippen MR) is 71.5 cm³/mol. The molecule has 0 amide bonds. The van der Waals surface area contributed by atoms with Crippen LogP contribution in [-0.4, -0.2) is 10.1 Å². The lowest BCUT2D eigenvalue weighted by atomic mass is 10.1. The van der Waals surface area contributed by atoms with E-state index in [1.165, 1.54) is 23.5 Å². The van der Waals surface area contributed by atoms with Crippen LogP contribution in [0.3, 0.4) is 0 Å². The SMILES string of the molecule is N#Cc1ccc(-c2nc(Cc3ccc(F)cc3F)no2)s1. The van der Waals surface area contributed by atoms with Crippen LogP contribution in [0, 0.1) is 23.0 Å². The van der Waals surface area contributed by atoms with Gasteiger partial charge in [0.15, 0.2) is 5.82 Å². The highest BCUT2D eigenvalue weighted by atomic mass is 32.1. The van der Waals surface area contributed by atoms with Crippen LogP contribution in [0.15, 0.2) is 34.9 Å². The minimum atomic E-state index is -0.649. The van der Waals surface area contributed by atoms with Crippen LogP contribution in [-0.2, 0) is 6.42 Å². The Hall–Kier alpha value is -2.59. The van der Waals surface area contributed by atoms with E-state index in [1.54, 1.807) is 12.1 Å². The summed E-state index contributed by atoms with van der Waals surface area (Å²) in [6.45, 7) is 0. The van der Waals surface area contributed by atoms with E-state index in [4.69, 9.17) is 9.78 Å². The smallest absolute Gasteiger partial charge is 0.268 e. The summed E-state index contributed by atoms with van der Waals surface area (Å²) in [5.41, 5.74) is 0.285. The van der Waals surface area contributed by atoms with Crippen molar-refractivity contribution in [3.63, 3.8) is 0 Å². The maximum atomic E-state index is 13.6. The molecule has 21 heavy (non-hydrogen) atoms. The van der Waals surface area contributed by atoms with Gasteiger partial charge in [0.2, 0.25) is 0 Å². The third-order valence-electron chi connectivity index (χ3n) is 2.76. The van der Waals surface area contributed by atoms with E-state index in [1.807, 2.05) is 6.07 Å². The molecule has 0 spiro atoms. The zero-order valence-corrected chi connectivity index (χ0v) is 11.3. The monoisotopic (exact) mass is 303 g/mol. The standard InChI is InChI=1S/C14H7F2N3OS/c15-9-2-1-8(11(16)6-9)5-13-18-14(20-19-13)12-4-3-10(7-17)21-12/h1-4,6H,5H2. The Kier molecular flexibility index (Phi) is 3.46. The Morgan fingerprint density at radius 3 is 2.81 bits per heavy atom. The van der Waals surface area contributed by atoms with Crippen molar-refractivity contribution in [1.29, 1.82) is 5.26 Å². The first-order chi connectivity index (χ1) is 10.2. The summed E-state index contributed by atoms with van der Waals surface area (Å²) < 4.78 is 31.5. The Balaban J connectivity index is 1.83. The Labute approximate surface area is 122 Å². The zero-order chi connectivity index (χ0) is 14.8. The fraction of sp³-hybridized carbons (Fsp3) is 0.0714. The fourth-order valence-electron chi connectivity index (χ4n) is 1.77. The Morgan fingerprint density at radius 1 is 1.24 bits per heavy atom. The largest absolute Gasteiger partial charge is 0.333 e. The van der Waals surface area contributed by atoms with Gasteiger partial charge in [-0.25, -0.2) is 8.78 Å². The molecule has 0 N–H and O–H groups in total. The molecule has 7 heteroatoms. The molecule has 104 valence electrons. The van der Waals surface area contributed by atoms with Crippen LogP contribution < -0.4 is 0 Å². The van der Waals surface area contributed by atoms with Crippen molar-refractivity contribution < 1.29 is 13.3 Å². The topological polar surface area (TPSA) is 62.7 Å². The third kappa shape index (κ3) is 2.80. The van der Waals surface area contributed by atoms with Gasteiger partial charge in [-0.2, -0.15) is 10.2 Å². The van der Waals surface area contributed by atoms with Crippen LogP contribution >= 0.6 is 11.3 Å². The van der Waals surface area contributed by atoms with E-state index in [-0.39, 0.29) is 17.9 Å². The first-order valence-electron chi connectivity index (χ1n) is 5.92. The summed E-state index contributed by atoms with van der Waals surface area (Å²) in [5.74, 6) is -0.710. The van der Waals surface area contributed by atoms with Gasteiger partial charge in [-0.1, -0.05) is 11.2 Å². The maximum Gasteiger partial charge on any atom is 0.268 e. The summed E-state index contributed by atoms with van der Waals surface area (Å²) in [7, 11) is 0. The number of rotatable bonds is 3. The van der Waals surface area contributed by atoms with E-state index >= 15 is 0 Å². The molecular weight excluding hydrogens is 296 g/mol. The van der Waals surface area contributed by atoms with Crippen molar-refractivity contribution in [3.8, 4) is 16.8 Å². The summed E-state index contributed by atoms with van der Waals surface area (Å²) in [5, 5.41) is 12.5. The van der Waals surface area contributed by atoms with Crippen LogP contribution in [0.1, 0.15) is 16.3 Å². The Morgan fingerprint density at radius 2 is 2.10 bits per heavy atom. The van der Waals surface area contributed by atoms with Crippen molar-refractivity contribution >= 4 is 11.3 Å². The maximum absolute atomic E-state index is 13.6. The predicted octanol–water partition coefficient (Wildman–Crippen LogP) is 3.54. The molecule has 1 aromatic carbocycles. The summed E-state index contributed by atoms with van der Waals surface area (Å²) in [6.07, 6.45) is 0.103. The van der Waals surface area contributed by atoms with Gasteiger partial charge in [0.25, 0.3) is 5.89 Å². The van der Waals surface area contributed by atoms with Crippen molar-refractivity contribution in [3.05, 3.63) is 58.2 Å². The minimum absolute atomic E-state index is 0.103. The average molecular weight is 303 g/mol. The normalized spacial score (nSPS) is 10.5. The summed E-state index contributed by atoms with van der Waals surface area (Å²) >= 11 is 1.23. The fourth-order valence-corrected chi connectivity index (χ4v) is 2.50. The number of benzene rings is 1. The first kappa shape index (κ1) is 13.4. The number of nitrogens with zero attached hydrogens (tertiary/aromatic N) is 3. The lowest BCUT2D eigenvalue weighted by Crippen LogP contribution is -1.95. The minimum Gasteiger partial charge on any atom is -0.333 e. The van der Waals surface area contributed by atoms with Crippen LogP contribution in [0.5, 0.6) is 0 Å². The molecule has 0 saturated heterocycles. The van der Waals surface area contributed by atoms with Crippen LogP contribution in [0.4, 0.5) is 8.78 Å². The first-order valence-corrected chi connectivity index (χ1v) is 6.74. The van der Waals surface area contributed by atoms with E-state index in [9.17, 15) is 8.78 Å². The van der Waals surface area contributed by atoms with Crippen molar-refractivity contribution in [1.82, 2.24) is 10.1 Å². The number of halogens is 2. The highest BCUT2D eigenvalue weighted by Crippen LogP contribution is 2.26. The highest BCUT2D eigenvalue weighted by Gasteiger charge is 2.13. The molecule has 0 aliphatic rings. The average Bonchev–Trinajstić information content (AvgIpc) is 3.10. The number of hydrogen-bond donors (Lipinski definition) is 0. The molecular formula is C14H7F2N3OS. The molecule has 3 rings (SSSR count). The summed E-state index contributed by atoms with van der Waals surface area (Å²) in [6, 6.07) is 8.72. The molecule has 0 bridgehead atoms. The van der Waals surface area contributed by atoms with Crippen LogP contribution in [0.2, 0.25) is 0 Å². The summed E-state index contributed by atoms with van der Waals surface area (Å²) in [4.78, 5) is 5.36. The van der Waals surface area contributed by atoms with Gasteiger partial charge in [-0.3, -0.25) is 0 Å². The second-order valence-electron chi connectivity index (χ2n) is 4.20. The van der Waals surface area contributed by atoms with Crippen molar-refractivity contribution in [2.45, 2.75) is 6.42 Å². The quantitative estimate of drug-likeness (QED) is 0.742. The van der Waals surface area contributed by atoms with Gasteiger partial charge >= 0.3 is 0 Å². The number of aromatic nitrogens is 2. The van der Waals surface area contributed by atoms with Gasteiger partial charge in [0, 0.05) is 12.5 Å². The second kappa shape index (κ2) is 5.42. The van der Waals surface area contributed by atoms with Crippen LogP contribution in [0.25, 0.3) is 10.8 Å². The van der Waals surface area contributed by atoms with Gasteiger partial charge in [0.1, 0.15) is 22.6 Å². The van der Waals surface area contributed by atoms with Gasteiger partial charge in [-0.05, 0) is 23.8 Å². The lowest BCUT2D eigenvalue weighted by Gasteiger charge is -1.98. The lowest BCUT2D eigenvalue weighted by molar-refractivity contribution is 0.424. The van der Waals surface area contributed by atoms with Gasteiger partial charge < -0.3 is 4.52 Å². The molecule has 0 radical (unpaired) electrons. The van der Waals surface area contributed by atoms with E-state index < -0.39 is 11.6 Å². The van der Waals surface area contributed by atoms with Gasteiger partial charge in [0.05, 0.1) is 4.88 Å². The molecule has 3 aromatic rings. The molecule has 0 aliphatic carbocycles. The molecule has 4 nitrogen and oxygen atoms in total. The van der Waals surface area contributed by atoms with Gasteiger partial charge in [-0.15, -0.1) is 11.3 Å². The highest BCUT2D eigenvalue weighted by molar-refractivity contribution is 7.15. The Bertz CT molecular complexity index is 835. The molecule has 0 atom stereocenters. The molecule has 2 heterocycles. The molecule has 0 aliphatic heterocycles. The molecule has 0 fully saturated rings. The van der Waals surface area contributed by atoms with Crippen molar-refractivity contribution in [2.24, 2.45) is 0 Å². The zero-order valence-electron chi connectivity index (χ0n) is 10.5. The second-order valence-corrected chi connectivity index (χ2v) is 5.29. The number of hydrogen-bond acceptors (Lipinski definition) is 5. The third-order valence-corrected chi connectivity index (χ3v) is 3.74. The molecule has 2 aromatic heterocycles. The van der Waals surface area contributed by atoms with Crippen molar-refractivity contribution in [2.75, 3.05) is 0 Å². The number of thiophene rings is 1.